The first-order chi connectivity index (χ1) is 11.3. The van der Waals surface area contributed by atoms with Gasteiger partial charge in [0.05, 0.1) is 6.61 Å². The van der Waals surface area contributed by atoms with Crippen molar-refractivity contribution in [3.8, 4) is 0 Å². The lowest BCUT2D eigenvalue weighted by atomic mass is 9.87. The van der Waals surface area contributed by atoms with Crippen molar-refractivity contribution in [1.29, 1.82) is 0 Å². The third-order valence-corrected chi connectivity index (χ3v) is 4.39. The van der Waals surface area contributed by atoms with Crippen LogP contribution in [0.1, 0.15) is 85.0 Å². The molecule has 0 rings (SSSR count). The van der Waals surface area contributed by atoms with E-state index in [4.69, 9.17) is 5.11 Å². The molecule has 0 fully saturated rings. The van der Waals surface area contributed by atoms with Crippen LogP contribution in [0.25, 0.3) is 0 Å². The molecule has 0 radical (unpaired) electrons. The van der Waals surface area contributed by atoms with E-state index in [-0.39, 0.29) is 12.4 Å². The number of hydrogen-bond acceptors (Lipinski definition) is 4. The number of amides is 1. The molecule has 0 spiro atoms. The molecule has 0 saturated carbocycles. The van der Waals surface area contributed by atoms with E-state index >= 15 is 0 Å². The number of ketones is 1. The van der Waals surface area contributed by atoms with Crippen LogP contribution in [0.3, 0.4) is 0 Å². The molecule has 0 unspecified atom stereocenters. The van der Waals surface area contributed by atoms with Crippen LogP contribution in [0.2, 0.25) is 0 Å². The number of hydrogen-bond donors (Lipinski definition) is 3. The third-order valence-electron chi connectivity index (χ3n) is 4.39. The summed E-state index contributed by atoms with van der Waals surface area (Å²) in [5.74, 6) is -0.248. The van der Waals surface area contributed by atoms with Crippen LogP contribution < -0.4 is 5.32 Å². The van der Waals surface area contributed by atoms with E-state index in [9.17, 15) is 14.7 Å². The first kappa shape index (κ1) is 23.1. The Morgan fingerprint density at radius 1 is 0.958 bits per heavy atom. The molecular formula is C19H37NO4. The summed E-state index contributed by atoms with van der Waals surface area (Å²) in [7, 11) is 0. The van der Waals surface area contributed by atoms with Gasteiger partial charge in [-0.1, -0.05) is 59.3 Å². The second-order valence-electron chi connectivity index (χ2n) is 7.35. The smallest absolute Gasteiger partial charge is 0.249 e. The average molecular weight is 344 g/mol. The lowest BCUT2D eigenvalue weighted by molar-refractivity contribution is -0.137. The Bertz CT molecular complexity index is 355. The molecule has 0 heterocycles. The van der Waals surface area contributed by atoms with Crippen LogP contribution in [-0.4, -0.2) is 41.2 Å². The summed E-state index contributed by atoms with van der Waals surface area (Å²) in [6.45, 7) is 5.57. The molecule has 0 bridgehead atoms. The van der Waals surface area contributed by atoms with Crippen LogP contribution in [0.15, 0.2) is 0 Å². The normalized spacial score (nSPS) is 12.9. The summed E-state index contributed by atoms with van der Waals surface area (Å²) >= 11 is 0. The number of nitrogens with one attached hydrogen (secondary N) is 1. The number of carbonyl (C=O) groups excluding carboxylic acids is 2. The number of rotatable bonds is 15. The summed E-state index contributed by atoms with van der Waals surface area (Å²) in [6.07, 6.45) is 8.84. The Morgan fingerprint density at radius 2 is 1.50 bits per heavy atom. The molecule has 0 saturated heterocycles. The largest absolute Gasteiger partial charge is 0.396 e. The molecule has 0 aliphatic heterocycles. The van der Waals surface area contributed by atoms with Crippen molar-refractivity contribution >= 4 is 11.7 Å². The van der Waals surface area contributed by atoms with Gasteiger partial charge in [0.15, 0.2) is 0 Å². The highest BCUT2D eigenvalue weighted by molar-refractivity contribution is 5.81. The molecule has 3 N–H and O–H groups in total. The van der Waals surface area contributed by atoms with Crippen molar-refractivity contribution in [2.45, 2.75) is 91.1 Å². The Hall–Kier alpha value is -0.940. The zero-order valence-electron chi connectivity index (χ0n) is 15.8. The minimum absolute atomic E-state index is 0.244. The van der Waals surface area contributed by atoms with E-state index in [2.05, 4.69) is 12.2 Å². The molecule has 0 aromatic carbocycles. The Balaban J connectivity index is 3.63. The van der Waals surface area contributed by atoms with Crippen molar-refractivity contribution in [3.05, 3.63) is 0 Å². The fraction of sp³-hybridized carbons (Fsp3) is 0.895. The topological polar surface area (TPSA) is 86.6 Å². The molecule has 0 aliphatic carbocycles. The molecule has 1 amide bonds. The van der Waals surface area contributed by atoms with Gasteiger partial charge in [0.1, 0.15) is 11.9 Å². The van der Waals surface area contributed by atoms with Gasteiger partial charge in [-0.2, -0.15) is 0 Å². The van der Waals surface area contributed by atoms with Crippen LogP contribution >= 0.6 is 0 Å². The minimum Gasteiger partial charge on any atom is -0.396 e. The molecule has 1 atom stereocenters. The van der Waals surface area contributed by atoms with Gasteiger partial charge in [0, 0.05) is 24.8 Å². The number of aliphatic hydroxyl groups is 2. The van der Waals surface area contributed by atoms with Gasteiger partial charge < -0.3 is 15.5 Å². The average Bonchev–Trinajstić information content (AvgIpc) is 2.56. The maximum Gasteiger partial charge on any atom is 0.249 e. The van der Waals surface area contributed by atoms with Crippen LogP contribution in [0, 0.1) is 5.41 Å². The fourth-order valence-corrected chi connectivity index (χ4v) is 2.44. The lowest BCUT2D eigenvalue weighted by Gasteiger charge is -2.27. The Kier molecular flexibility index (Phi) is 12.8. The Morgan fingerprint density at radius 3 is 2.08 bits per heavy atom. The third kappa shape index (κ3) is 10.8. The molecule has 0 aromatic heterocycles. The molecule has 5 nitrogen and oxygen atoms in total. The van der Waals surface area contributed by atoms with Gasteiger partial charge in [-0.3, -0.25) is 9.59 Å². The molecule has 142 valence electrons. The first-order valence-corrected chi connectivity index (χ1v) is 9.43. The van der Waals surface area contributed by atoms with E-state index in [0.717, 1.165) is 12.8 Å². The van der Waals surface area contributed by atoms with Crippen molar-refractivity contribution in [3.63, 3.8) is 0 Å². The summed E-state index contributed by atoms with van der Waals surface area (Å²) in [6, 6.07) is 0. The number of unbranched alkanes of at least 4 members (excludes halogenated alkanes) is 6. The highest BCUT2D eigenvalue weighted by Crippen LogP contribution is 2.19. The van der Waals surface area contributed by atoms with Crippen molar-refractivity contribution < 1.29 is 19.8 Å². The first-order valence-electron chi connectivity index (χ1n) is 9.43. The summed E-state index contributed by atoms with van der Waals surface area (Å²) in [5.41, 5.74) is -0.864. The standard InChI is InChI=1S/C19H37NO4/c1-4-5-6-7-8-9-10-12-16(22)13-11-14-20-18(24)17(23)19(2,3)15-21/h17,21,23H,4-15H2,1-3H3,(H,20,24)/t17-/m0/s1. The van der Waals surface area contributed by atoms with E-state index in [1.54, 1.807) is 13.8 Å². The Labute approximate surface area is 147 Å². The van der Waals surface area contributed by atoms with Crippen molar-refractivity contribution in [1.82, 2.24) is 5.32 Å². The summed E-state index contributed by atoms with van der Waals surface area (Å²) < 4.78 is 0. The van der Waals surface area contributed by atoms with Gasteiger partial charge in [-0.15, -0.1) is 0 Å². The van der Waals surface area contributed by atoms with Gasteiger partial charge >= 0.3 is 0 Å². The predicted octanol–water partition coefficient (Wildman–Crippen LogP) is 2.97. The van der Waals surface area contributed by atoms with E-state index in [0.29, 0.717) is 25.8 Å². The molecule has 0 aromatic rings. The highest BCUT2D eigenvalue weighted by Gasteiger charge is 2.32. The number of carbonyl (C=O) groups is 2. The number of aliphatic hydroxyl groups excluding tert-OH is 2. The fourth-order valence-electron chi connectivity index (χ4n) is 2.44. The zero-order chi connectivity index (χ0) is 18.4. The van der Waals surface area contributed by atoms with Gasteiger partial charge in [0.2, 0.25) is 5.91 Å². The van der Waals surface area contributed by atoms with E-state index < -0.39 is 17.4 Å². The monoisotopic (exact) mass is 343 g/mol. The van der Waals surface area contributed by atoms with Crippen molar-refractivity contribution in [2.24, 2.45) is 5.41 Å². The lowest BCUT2D eigenvalue weighted by Crippen LogP contribution is -2.45. The maximum absolute atomic E-state index is 11.8. The van der Waals surface area contributed by atoms with Crippen LogP contribution in [-0.2, 0) is 9.59 Å². The van der Waals surface area contributed by atoms with Crippen LogP contribution in [0.4, 0.5) is 0 Å². The maximum atomic E-state index is 11.8. The molecule has 0 aliphatic rings. The molecular weight excluding hydrogens is 306 g/mol. The van der Waals surface area contributed by atoms with Gasteiger partial charge in [0.25, 0.3) is 0 Å². The van der Waals surface area contributed by atoms with Gasteiger partial charge in [-0.05, 0) is 12.8 Å². The number of Topliss-reactive ketones (excluding diaryl/α,β-unsaturated/α-hetero) is 1. The minimum atomic E-state index is -1.24. The SMILES string of the molecule is CCCCCCCCCC(=O)CCCNC(=O)[C@H](O)C(C)(C)CO. The van der Waals surface area contributed by atoms with E-state index in [1.807, 2.05) is 0 Å². The highest BCUT2D eigenvalue weighted by atomic mass is 16.3. The van der Waals surface area contributed by atoms with Gasteiger partial charge in [-0.25, -0.2) is 0 Å². The second kappa shape index (κ2) is 13.4. The summed E-state index contributed by atoms with van der Waals surface area (Å²) in [4.78, 5) is 23.5. The van der Waals surface area contributed by atoms with Crippen LogP contribution in [0.5, 0.6) is 0 Å². The van der Waals surface area contributed by atoms with Crippen molar-refractivity contribution in [2.75, 3.05) is 13.2 Å². The molecule has 24 heavy (non-hydrogen) atoms. The summed E-state index contributed by atoms with van der Waals surface area (Å²) in [5, 5.41) is 21.6. The zero-order valence-corrected chi connectivity index (χ0v) is 15.8. The predicted molar refractivity (Wildman–Crippen MR) is 96.7 cm³/mol. The second-order valence-corrected chi connectivity index (χ2v) is 7.35. The van der Waals surface area contributed by atoms with E-state index in [1.165, 1.54) is 32.1 Å². The quantitative estimate of drug-likeness (QED) is 0.399. The molecule has 5 heteroatoms.